The van der Waals surface area contributed by atoms with Crippen molar-refractivity contribution in [1.29, 1.82) is 0 Å². The van der Waals surface area contributed by atoms with Gasteiger partial charge in [0, 0.05) is 6.54 Å². The van der Waals surface area contributed by atoms with Crippen molar-refractivity contribution in [3.63, 3.8) is 0 Å². The summed E-state index contributed by atoms with van der Waals surface area (Å²) in [5, 5.41) is 7.05. The summed E-state index contributed by atoms with van der Waals surface area (Å²) < 4.78 is 40.3. The molecule has 1 atom stereocenters. The zero-order valence-corrected chi connectivity index (χ0v) is 11.1. The minimum absolute atomic E-state index is 0.0160. The minimum Gasteiger partial charge on any atom is -0.369 e. The van der Waals surface area contributed by atoms with Crippen LogP contribution in [-0.2, 0) is 0 Å². The minimum atomic E-state index is -4.25. The van der Waals surface area contributed by atoms with E-state index in [9.17, 15) is 13.2 Å². The molecule has 0 aromatic carbocycles. The Morgan fingerprint density at radius 3 is 2.65 bits per heavy atom. The van der Waals surface area contributed by atoms with E-state index in [1.165, 1.54) is 0 Å². The fourth-order valence-corrected chi connectivity index (χ4v) is 2.80. The van der Waals surface area contributed by atoms with E-state index >= 15 is 0 Å². The van der Waals surface area contributed by atoms with Crippen LogP contribution in [0.4, 0.5) is 19.0 Å². The van der Waals surface area contributed by atoms with Gasteiger partial charge in [0.05, 0.1) is 10.2 Å². The van der Waals surface area contributed by atoms with Crippen molar-refractivity contribution < 1.29 is 13.2 Å². The summed E-state index contributed by atoms with van der Waals surface area (Å²) in [6, 6.07) is -1.53. The highest BCUT2D eigenvalue weighted by molar-refractivity contribution is 9.10. The molecule has 7 heteroatoms. The molecule has 96 valence electrons. The standard InChI is InChI=1S/C10H13BrF3N3/c1-5(2)8-7(11)9-15-4-3-6(10(12,13)14)17(9)16-8/h5-6,15H,3-4H2,1-2H3. The molecular formula is C10H13BrF3N3. The molecule has 17 heavy (non-hydrogen) atoms. The van der Waals surface area contributed by atoms with Crippen LogP contribution in [0.3, 0.4) is 0 Å². The molecule has 1 aliphatic rings. The molecule has 0 fully saturated rings. The molecule has 1 aromatic heterocycles. The Bertz CT molecular complexity index is 425. The first kappa shape index (κ1) is 12.7. The fraction of sp³-hybridized carbons (Fsp3) is 0.700. The molecule has 0 bridgehead atoms. The normalized spacial score (nSPS) is 20.3. The zero-order valence-electron chi connectivity index (χ0n) is 9.48. The summed E-state index contributed by atoms with van der Waals surface area (Å²) in [7, 11) is 0. The molecule has 0 saturated carbocycles. The molecule has 1 aliphatic heterocycles. The van der Waals surface area contributed by atoms with Gasteiger partial charge in [-0.15, -0.1) is 0 Å². The van der Waals surface area contributed by atoms with Crippen molar-refractivity contribution in [2.75, 3.05) is 11.9 Å². The van der Waals surface area contributed by atoms with Crippen molar-refractivity contribution >= 4 is 21.7 Å². The van der Waals surface area contributed by atoms with Gasteiger partial charge < -0.3 is 5.32 Å². The van der Waals surface area contributed by atoms with Gasteiger partial charge in [0.2, 0.25) is 0 Å². The first-order valence-corrected chi connectivity index (χ1v) is 6.20. The molecule has 2 rings (SSSR count). The molecule has 0 amide bonds. The lowest BCUT2D eigenvalue weighted by Gasteiger charge is -2.27. The van der Waals surface area contributed by atoms with Crippen molar-refractivity contribution in [2.24, 2.45) is 0 Å². The zero-order chi connectivity index (χ0) is 12.8. The van der Waals surface area contributed by atoms with Crippen molar-refractivity contribution in [1.82, 2.24) is 9.78 Å². The molecule has 0 saturated heterocycles. The topological polar surface area (TPSA) is 29.9 Å². The average Bonchev–Trinajstić information content (AvgIpc) is 2.55. The maximum absolute atomic E-state index is 12.9. The molecule has 0 spiro atoms. The quantitative estimate of drug-likeness (QED) is 0.857. The van der Waals surface area contributed by atoms with Crippen LogP contribution in [0.1, 0.15) is 37.9 Å². The Morgan fingerprint density at radius 2 is 2.12 bits per heavy atom. The van der Waals surface area contributed by atoms with E-state index in [2.05, 4.69) is 26.3 Å². The van der Waals surface area contributed by atoms with E-state index in [0.717, 1.165) is 4.68 Å². The number of aromatic nitrogens is 2. The molecule has 1 unspecified atom stereocenters. The van der Waals surface area contributed by atoms with Crippen LogP contribution in [0.25, 0.3) is 0 Å². The highest BCUT2D eigenvalue weighted by Crippen LogP contribution is 2.41. The average molecular weight is 312 g/mol. The monoisotopic (exact) mass is 311 g/mol. The van der Waals surface area contributed by atoms with Crippen molar-refractivity contribution in [3.8, 4) is 0 Å². The van der Waals surface area contributed by atoms with Gasteiger partial charge in [-0.2, -0.15) is 18.3 Å². The maximum atomic E-state index is 12.9. The number of hydrogen-bond acceptors (Lipinski definition) is 2. The van der Waals surface area contributed by atoms with E-state index in [-0.39, 0.29) is 12.3 Å². The Kier molecular flexibility index (Phi) is 3.14. The fourth-order valence-electron chi connectivity index (χ4n) is 1.94. The summed E-state index contributed by atoms with van der Waals surface area (Å²) in [5.74, 6) is 0.514. The third-order valence-electron chi connectivity index (χ3n) is 2.81. The Labute approximate surface area is 106 Å². The molecule has 2 heterocycles. The number of hydrogen-bond donors (Lipinski definition) is 1. The molecular weight excluding hydrogens is 299 g/mol. The third-order valence-corrected chi connectivity index (χ3v) is 3.59. The number of alkyl halides is 3. The predicted octanol–water partition coefficient (Wildman–Crippen LogP) is 3.69. The molecule has 0 radical (unpaired) electrons. The summed E-state index contributed by atoms with van der Waals surface area (Å²) in [6.45, 7) is 4.12. The van der Waals surface area contributed by atoms with Crippen LogP contribution < -0.4 is 5.32 Å². The smallest absolute Gasteiger partial charge is 0.369 e. The summed E-state index contributed by atoms with van der Waals surface area (Å²) in [6.07, 6.45) is -4.24. The van der Waals surface area contributed by atoms with Gasteiger partial charge in [-0.3, -0.25) is 0 Å². The number of halogens is 4. The second-order valence-corrected chi connectivity index (χ2v) is 5.21. The van der Waals surface area contributed by atoms with E-state index < -0.39 is 12.2 Å². The molecule has 3 nitrogen and oxygen atoms in total. The highest BCUT2D eigenvalue weighted by Gasteiger charge is 2.44. The van der Waals surface area contributed by atoms with E-state index in [1.807, 2.05) is 13.8 Å². The molecule has 1 aromatic rings. The van der Waals surface area contributed by atoms with Crippen molar-refractivity contribution in [3.05, 3.63) is 10.2 Å². The number of anilines is 1. The lowest BCUT2D eigenvalue weighted by atomic mass is 10.1. The summed E-state index contributed by atoms with van der Waals surface area (Å²) in [5.41, 5.74) is 0.656. The lowest BCUT2D eigenvalue weighted by Crippen LogP contribution is -2.34. The van der Waals surface area contributed by atoms with Gasteiger partial charge in [-0.05, 0) is 28.3 Å². The van der Waals surface area contributed by atoms with Crippen LogP contribution >= 0.6 is 15.9 Å². The van der Waals surface area contributed by atoms with E-state index in [1.54, 1.807) is 0 Å². The van der Waals surface area contributed by atoms with Gasteiger partial charge >= 0.3 is 6.18 Å². The van der Waals surface area contributed by atoms with Gasteiger partial charge in [-0.1, -0.05) is 13.8 Å². The van der Waals surface area contributed by atoms with Crippen LogP contribution in [0.15, 0.2) is 4.47 Å². The van der Waals surface area contributed by atoms with Crippen LogP contribution in [-0.4, -0.2) is 22.5 Å². The Hall–Kier alpha value is -0.720. The highest BCUT2D eigenvalue weighted by atomic mass is 79.9. The summed E-state index contributed by atoms with van der Waals surface area (Å²) in [4.78, 5) is 0. The van der Waals surface area contributed by atoms with Crippen molar-refractivity contribution in [2.45, 2.75) is 38.4 Å². The first-order chi connectivity index (χ1) is 7.82. The van der Waals surface area contributed by atoms with Gasteiger partial charge in [0.1, 0.15) is 5.82 Å². The Balaban J connectivity index is 2.49. The van der Waals surface area contributed by atoms with Gasteiger partial charge in [0.15, 0.2) is 6.04 Å². The largest absolute Gasteiger partial charge is 0.410 e. The lowest BCUT2D eigenvalue weighted by molar-refractivity contribution is -0.171. The van der Waals surface area contributed by atoms with Crippen LogP contribution in [0, 0.1) is 0 Å². The maximum Gasteiger partial charge on any atom is 0.410 e. The number of nitrogens with one attached hydrogen (secondary N) is 1. The van der Waals surface area contributed by atoms with Gasteiger partial charge in [-0.25, -0.2) is 4.68 Å². The SMILES string of the molecule is CC(C)c1nn2c(c1Br)NCCC2C(F)(F)F. The number of rotatable bonds is 1. The predicted molar refractivity (Wildman–Crippen MR) is 62.2 cm³/mol. The number of nitrogens with zero attached hydrogens (tertiary/aromatic N) is 2. The van der Waals surface area contributed by atoms with E-state index in [0.29, 0.717) is 22.5 Å². The van der Waals surface area contributed by atoms with E-state index in [4.69, 9.17) is 0 Å². The van der Waals surface area contributed by atoms with Crippen LogP contribution in [0.2, 0.25) is 0 Å². The second-order valence-electron chi connectivity index (χ2n) is 4.42. The summed E-state index contributed by atoms with van der Waals surface area (Å²) >= 11 is 3.32. The molecule has 1 N–H and O–H groups in total. The van der Waals surface area contributed by atoms with Crippen LogP contribution in [0.5, 0.6) is 0 Å². The Morgan fingerprint density at radius 1 is 1.47 bits per heavy atom. The number of fused-ring (bicyclic) bond motifs is 1. The third kappa shape index (κ3) is 2.17. The first-order valence-electron chi connectivity index (χ1n) is 5.41. The van der Waals surface area contributed by atoms with Gasteiger partial charge in [0.25, 0.3) is 0 Å². The second kappa shape index (κ2) is 4.19. The molecule has 0 aliphatic carbocycles.